The molecule has 3 aromatic rings. The second-order valence-corrected chi connectivity index (χ2v) is 6.53. The van der Waals surface area contributed by atoms with E-state index >= 15 is 0 Å². The van der Waals surface area contributed by atoms with E-state index in [1.807, 2.05) is 24.3 Å². The Morgan fingerprint density at radius 3 is 2.89 bits per heavy atom. The van der Waals surface area contributed by atoms with Crippen molar-refractivity contribution in [2.45, 2.75) is 6.42 Å². The third kappa shape index (κ3) is 3.44. The van der Waals surface area contributed by atoms with Gasteiger partial charge in [0, 0.05) is 23.3 Å². The Hall–Kier alpha value is -3.12. The van der Waals surface area contributed by atoms with Gasteiger partial charge in [-0.25, -0.2) is 9.97 Å². The second kappa shape index (κ2) is 7.25. The van der Waals surface area contributed by atoms with E-state index in [9.17, 15) is 4.79 Å². The van der Waals surface area contributed by atoms with Crippen LogP contribution in [0.2, 0.25) is 5.02 Å². The van der Waals surface area contributed by atoms with E-state index < -0.39 is 0 Å². The maximum absolute atomic E-state index is 13.0. The number of amides is 1. The number of methoxy groups -OCH3 is 1. The first-order valence-corrected chi connectivity index (χ1v) is 8.86. The largest absolute Gasteiger partial charge is 0.495 e. The zero-order valence-electron chi connectivity index (χ0n) is 14.6. The molecule has 0 fully saturated rings. The Morgan fingerprint density at radius 1 is 1.19 bits per heavy atom. The molecule has 1 aliphatic heterocycles. The number of para-hydroxylation sites is 1. The Kier molecular flexibility index (Phi) is 4.64. The summed E-state index contributed by atoms with van der Waals surface area (Å²) in [4.78, 5) is 23.1. The van der Waals surface area contributed by atoms with E-state index in [0.29, 0.717) is 34.5 Å². The average molecular weight is 381 g/mol. The van der Waals surface area contributed by atoms with Gasteiger partial charge in [-0.05, 0) is 36.2 Å². The van der Waals surface area contributed by atoms with Gasteiger partial charge in [-0.2, -0.15) is 0 Å². The van der Waals surface area contributed by atoms with Crippen LogP contribution in [0.3, 0.4) is 0 Å². The third-order valence-corrected chi connectivity index (χ3v) is 4.68. The number of hydrogen-bond donors (Lipinski definition) is 1. The molecule has 0 saturated heterocycles. The maximum atomic E-state index is 13.0. The Balaban J connectivity index is 1.60. The Labute approximate surface area is 161 Å². The molecule has 1 aromatic heterocycles. The number of benzene rings is 2. The highest BCUT2D eigenvalue weighted by atomic mass is 35.5. The van der Waals surface area contributed by atoms with Crippen LogP contribution < -0.4 is 15.0 Å². The highest BCUT2D eigenvalue weighted by molar-refractivity contribution is 6.31. The fourth-order valence-corrected chi connectivity index (χ4v) is 3.32. The Bertz CT molecular complexity index is 1010. The van der Waals surface area contributed by atoms with Crippen LogP contribution in [0.4, 0.5) is 17.2 Å². The van der Waals surface area contributed by atoms with Crippen LogP contribution in [0.25, 0.3) is 0 Å². The molecule has 1 amide bonds. The van der Waals surface area contributed by atoms with Gasteiger partial charge in [0.1, 0.15) is 23.6 Å². The average Bonchev–Trinajstić information content (AvgIpc) is 3.12. The fourth-order valence-electron chi connectivity index (χ4n) is 3.15. The van der Waals surface area contributed by atoms with Crippen molar-refractivity contribution >= 4 is 34.7 Å². The molecule has 1 N–H and O–H groups in total. The van der Waals surface area contributed by atoms with Crippen LogP contribution in [-0.4, -0.2) is 29.5 Å². The first kappa shape index (κ1) is 17.3. The molecule has 0 unspecified atom stereocenters. The topological polar surface area (TPSA) is 67.3 Å². The summed E-state index contributed by atoms with van der Waals surface area (Å²) in [5.41, 5.74) is 3.09. The number of ether oxygens (including phenoxy) is 1. The smallest absolute Gasteiger partial charge is 0.277 e. The van der Waals surface area contributed by atoms with E-state index in [1.54, 1.807) is 36.3 Å². The number of hydrogen-bond acceptors (Lipinski definition) is 5. The Morgan fingerprint density at radius 2 is 2.04 bits per heavy atom. The molecule has 0 saturated carbocycles. The van der Waals surface area contributed by atoms with Crippen molar-refractivity contribution in [3.63, 3.8) is 0 Å². The first-order valence-electron chi connectivity index (χ1n) is 8.48. The normalized spacial score (nSPS) is 12.6. The van der Waals surface area contributed by atoms with Gasteiger partial charge >= 0.3 is 0 Å². The van der Waals surface area contributed by atoms with Crippen LogP contribution in [0, 0.1) is 0 Å². The van der Waals surface area contributed by atoms with Gasteiger partial charge in [0.2, 0.25) is 0 Å². The number of fused-ring (bicyclic) bond motifs is 1. The van der Waals surface area contributed by atoms with E-state index in [-0.39, 0.29) is 5.91 Å². The fraction of sp³-hybridized carbons (Fsp3) is 0.150. The van der Waals surface area contributed by atoms with Gasteiger partial charge < -0.3 is 15.0 Å². The minimum absolute atomic E-state index is 0.150. The van der Waals surface area contributed by atoms with E-state index in [2.05, 4.69) is 15.3 Å². The van der Waals surface area contributed by atoms with E-state index in [1.165, 1.54) is 11.9 Å². The zero-order valence-corrected chi connectivity index (χ0v) is 15.4. The van der Waals surface area contributed by atoms with Crippen LogP contribution in [-0.2, 0) is 6.42 Å². The van der Waals surface area contributed by atoms with Crippen LogP contribution >= 0.6 is 11.6 Å². The summed E-state index contributed by atoms with van der Waals surface area (Å²) in [5, 5.41) is 3.70. The van der Waals surface area contributed by atoms with Crippen molar-refractivity contribution in [2.24, 2.45) is 0 Å². The van der Waals surface area contributed by atoms with Crippen LogP contribution in [0.5, 0.6) is 5.75 Å². The molecule has 0 aliphatic carbocycles. The number of carbonyl (C=O) groups is 1. The summed E-state index contributed by atoms with van der Waals surface area (Å²) in [6.45, 7) is 0.646. The van der Waals surface area contributed by atoms with E-state index in [0.717, 1.165) is 12.1 Å². The predicted molar refractivity (Wildman–Crippen MR) is 105 cm³/mol. The number of halogens is 1. The summed E-state index contributed by atoms with van der Waals surface area (Å²) in [6.07, 6.45) is 2.21. The van der Waals surface area contributed by atoms with Gasteiger partial charge in [0.25, 0.3) is 5.91 Å². The lowest BCUT2D eigenvalue weighted by molar-refractivity contribution is 0.0984. The number of nitrogens with one attached hydrogen (secondary N) is 1. The quantitative estimate of drug-likeness (QED) is 0.738. The molecular formula is C20H17ClN4O2. The van der Waals surface area contributed by atoms with Crippen molar-refractivity contribution in [1.82, 2.24) is 9.97 Å². The van der Waals surface area contributed by atoms with Crippen molar-refractivity contribution < 1.29 is 9.53 Å². The first-order chi connectivity index (χ1) is 13.2. The van der Waals surface area contributed by atoms with Crippen molar-refractivity contribution in [1.29, 1.82) is 0 Å². The van der Waals surface area contributed by atoms with E-state index in [4.69, 9.17) is 16.3 Å². The molecule has 0 atom stereocenters. The SMILES string of the molecule is COc1ccc(Cl)cc1Nc1cc(C(=O)N2CCc3ccccc32)ncn1. The molecule has 4 rings (SSSR count). The number of anilines is 3. The molecule has 0 radical (unpaired) electrons. The van der Waals surface area contributed by atoms with Crippen LogP contribution in [0.15, 0.2) is 54.9 Å². The van der Waals surface area contributed by atoms with Gasteiger partial charge in [0.15, 0.2) is 0 Å². The number of carbonyl (C=O) groups excluding carboxylic acids is 1. The molecular weight excluding hydrogens is 364 g/mol. The molecule has 2 heterocycles. The highest BCUT2D eigenvalue weighted by Gasteiger charge is 2.26. The molecule has 27 heavy (non-hydrogen) atoms. The number of nitrogens with zero attached hydrogens (tertiary/aromatic N) is 3. The summed E-state index contributed by atoms with van der Waals surface area (Å²) >= 11 is 6.07. The monoisotopic (exact) mass is 380 g/mol. The molecule has 7 heteroatoms. The minimum Gasteiger partial charge on any atom is -0.495 e. The lowest BCUT2D eigenvalue weighted by Crippen LogP contribution is -2.29. The van der Waals surface area contributed by atoms with Gasteiger partial charge in [-0.15, -0.1) is 0 Å². The summed E-state index contributed by atoms with van der Waals surface area (Å²) in [5.74, 6) is 0.962. The highest BCUT2D eigenvalue weighted by Crippen LogP contribution is 2.31. The predicted octanol–water partition coefficient (Wildman–Crippen LogP) is 4.09. The number of aromatic nitrogens is 2. The van der Waals surface area contributed by atoms with Gasteiger partial charge in [-0.1, -0.05) is 29.8 Å². The summed E-state index contributed by atoms with van der Waals surface area (Å²) < 4.78 is 5.33. The summed E-state index contributed by atoms with van der Waals surface area (Å²) in [6, 6.07) is 14.8. The molecule has 1 aliphatic rings. The van der Waals surface area contributed by atoms with Gasteiger partial charge in [-0.3, -0.25) is 4.79 Å². The summed E-state index contributed by atoms with van der Waals surface area (Å²) in [7, 11) is 1.58. The lowest BCUT2D eigenvalue weighted by Gasteiger charge is -2.17. The van der Waals surface area contributed by atoms with Crippen LogP contribution in [0.1, 0.15) is 16.1 Å². The van der Waals surface area contributed by atoms with Gasteiger partial charge in [0.05, 0.1) is 12.8 Å². The lowest BCUT2D eigenvalue weighted by atomic mass is 10.2. The van der Waals surface area contributed by atoms with Crippen molar-refractivity contribution in [3.05, 3.63) is 71.1 Å². The molecule has 0 bridgehead atoms. The molecule has 2 aromatic carbocycles. The maximum Gasteiger partial charge on any atom is 0.277 e. The molecule has 0 spiro atoms. The second-order valence-electron chi connectivity index (χ2n) is 6.09. The zero-order chi connectivity index (χ0) is 18.8. The standard InChI is InChI=1S/C20H17ClN4O2/c1-27-18-7-6-14(21)10-15(18)24-19-11-16(22-12-23-19)20(26)25-9-8-13-4-2-3-5-17(13)25/h2-7,10-12H,8-9H2,1H3,(H,22,23,24). The molecule has 6 nitrogen and oxygen atoms in total. The third-order valence-electron chi connectivity index (χ3n) is 4.44. The minimum atomic E-state index is -0.150. The number of rotatable bonds is 4. The van der Waals surface area contributed by atoms with Crippen molar-refractivity contribution in [3.8, 4) is 5.75 Å². The van der Waals surface area contributed by atoms with Crippen molar-refractivity contribution in [2.75, 3.05) is 23.9 Å². The molecule has 136 valence electrons.